The van der Waals surface area contributed by atoms with Crippen molar-refractivity contribution in [3.8, 4) is 0 Å². The summed E-state index contributed by atoms with van der Waals surface area (Å²) in [6, 6.07) is 0. The Hall–Kier alpha value is -1.95. The molecule has 0 saturated carbocycles. The molecule has 0 aromatic heterocycles. The molecule has 0 rings (SSSR count). The van der Waals surface area contributed by atoms with Gasteiger partial charge in [0.15, 0.2) is 0 Å². The molecular weight excluding hydrogens is 332 g/mol. The summed E-state index contributed by atoms with van der Waals surface area (Å²) in [5.74, 6) is -0.269. The molecule has 0 aromatic rings. The van der Waals surface area contributed by atoms with Crippen LogP contribution in [0.3, 0.4) is 0 Å². The van der Waals surface area contributed by atoms with Crippen LogP contribution in [0.2, 0.25) is 0 Å². The third-order valence-electron chi connectivity index (χ3n) is 3.48. The smallest absolute Gasteiger partial charge is 0.305 e. The molecule has 0 saturated heterocycles. The van der Waals surface area contributed by atoms with E-state index in [4.69, 9.17) is 0 Å². The van der Waals surface area contributed by atoms with Crippen molar-refractivity contribution < 1.29 is 24.9 Å². The Morgan fingerprint density at radius 1 is 0.885 bits per heavy atom. The van der Waals surface area contributed by atoms with E-state index in [1.807, 2.05) is 13.0 Å². The fourth-order valence-corrected chi connectivity index (χ4v) is 1.87. The largest absolute Gasteiger partial charge is 0.469 e. The molecule has 0 aliphatic carbocycles. The van der Waals surface area contributed by atoms with Gasteiger partial charge in [-0.3, -0.25) is 4.79 Å². The number of methoxy groups -OCH3 is 1. The summed E-state index contributed by atoms with van der Waals surface area (Å²) in [5.41, 5.74) is 0. The molecular formula is C21H32O5. The molecule has 146 valence electrons. The maximum absolute atomic E-state index is 10.9. The summed E-state index contributed by atoms with van der Waals surface area (Å²) in [6.07, 6.45) is 18.4. The molecule has 0 aromatic carbocycles. The molecule has 0 aliphatic rings. The van der Waals surface area contributed by atoms with Gasteiger partial charge in [-0.05, 0) is 25.7 Å². The Kier molecular flexibility index (Phi) is 15.3. The Morgan fingerprint density at radius 2 is 1.46 bits per heavy atom. The van der Waals surface area contributed by atoms with Crippen LogP contribution in [-0.2, 0) is 9.53 Å². The van der Waals surface area contributed by atoms with Crippen molar-refractivity contribution in [1.82, 2.24) is 0 Å². The number of aliphatic hydroxyl groups is 3. The lowest BCUT2D eigenvalue weighted by molar-refractivity contribution is -0.140. The van der Waals surface area contributed by atoms with E-state index in [0.29, 0.717) is 32.1 Å². The molecule has 26 heavy (non-hydrogen) atoms. The lowest BCUT2D eigenvalue weighted by Crippen LogP contribution is -2.05. The van der Waals surface area contributed by atoms with E-state index >= 15 is 0 Å². The molecule has 0 radical (unpaired) electrons. The van der Waals surface area contributed by atoms with Gasteiger partial charge in [0, 0.05) is 6.42 Å². The maximum Gasteiger partial charge on any atom is 0.305 e. The van der Waals surface area contributed by atoms with Crippen molar-refractivity contribution in [3.63, 3.8) is 0 Å². The Balaban J connectivity index is 3.95. The van der Waals surface area contributed by atoms with Crippen LogP contribution >= 0.6 is 0 Å². The zero-order chi connectivity index (χ0) is 19.6. The predicted octanol–water partition coefficient (Wildman–Crippen LogP) is 2.99. The fraction of sp³-hybridized carbons (Fsp3) is 0.476. The van der Waals surface area contributed by atoms with Gasteiger partial charge in [0.25, 0.3) is 0 Å². The molecule has 0 unspecified atom stereocenters. The number of carbonyl (C=O) groups is 1. The van der Waals surface area contributed by atoms with E-state index in [2.05, 4.69) is 4.74 Å². The van der Waals surface area contributed by atoms with Crippen molar-refractivity contribution in [2.24, 2.45) is 0 Å². The van der Waals surface area contributed by atoms with Crippen LogP contribution in [-0.4, -0.2) is 46.7 Å². The zero-order valence-electron chi connectivity index (χ0n) is 15.7. The van der Waals surface area contributed by atoms with Crippen LogP contribution < -0.4 is 0 Å². The van der Waals surface area contributed by atoms with Crippen LogP contribution in [0.25, 0.3) is 0 Å². The summed E-state index contributed by atoms with van der Waals surface area (Å²) in [5, 5.41) is 28.8. The van der Waals surface area contributed by atoms with E-state index in [9.17, 15) is 20.1 Å². The Labute approximate surface area is 156 Å². The van der Waals surface area contributed by atoms with Crippen molar-refractivity contribution >= 4 is 5.97 Å². The second-order valence-electron chi connectivity index (χ2n) is 5.78. The van der Waals surface area contributed by atoms with E-state index in [1.54, 1.807) is 54.7 Å². The number of allylic oxidation sites excluding steroid dienone is 6. The van der Waals surface area contributed by atoms with Gasteiger partial charge < -0.3 is 20.1 Å². The van der Waals surface area contributed by atoms with Gasteiger partial charge in [0.1, 0.15) is 0 Å². The van der Waals surface area contributed by atoms with E-state index in [-0.39, 0.29) is 5.97 Å². The van der Waals surface area contributed by atoms with Crippen molar-refractivity contribution in [3.05, 3.63) is 60.8 Å². The first-order valence-electron chi connectivity index (χ1n) is 8.95. The van der Waals surface area contributed by atoms with Gasteiger partial charge >= 0.3 is 5.97 Å². The molecule has 5 heteroatoms. The molecule has 0 aliphatic heterocycles. The monoisotopic (exact) mass is 364 g/mol. The average molecular weight is 364 g/mol. The predicted molar refractivity (Wildman–Crippen MR) is 104 cm³/mol. The molecule has 5 nitrogen and oxygen atoms in total. The summed E-state index contributed by atoms with van der Waals surface area (Å²) in [6.45, 7) is 1.90. The molecule has 0 spiro atoms. The Morgan fingerprint density at radius 3 is 2.08 bits per heavy atom. The quantitative estimate of drug-likeness (QED) is 0.345. The minimum atomic E-state index is -0.594. The van der Waals surface area contributed by atoms with Crippen LogP contribution in [0, 0.1) is 0 Å². The van der Waals surface area contributed by atoms with Crippen LogP contribution in [0.15, 0.2) is 60.8 Å². The van der Waals surface area contributed by atoms with E-state index in [0.717, 1.165) is 0 Å². The van der Waals surface area contributed by atoms with Gasteiger partial charge in [0.05, 0.1) is 25.4 Å². The number of hydrogen-bond donors (Lipinski definition) is 3. The first-order chi connectivity index (χ1) is 12.5. The maximum atomic E-state index is 10.9. The van der Waals surface area contributed by atoms with Crippen LogP contribution in [0.4, 0.5) is 0 Å². The SMILES string of the molecule is CC[C@H](O)/C=C/C=C\C[C@@H](O)/C=C/C=C/C=C\[C@@H](O)CCCC(=O)OC. The normalized spacial score (nSPS) is 16.3. The third kappa shape index (κ3) is 15.6. The molecule has 0 amide bonds. The summed E-state index contributed by atoms with van der Waals surface area (Å²) in [7, 11) is 1.35. The number of esters is 1. The minimum absolute atomic E-state index is 0.269. The van der Waals surface area contributed by atoms with Gasteiger partial charge in [-0.15, -0.1) is 0 Å². The molecule has 3 atom stereocenters. The minimum Gasteiger partial charge on any atom is -0.469 e. The number of aliphatic hydroxyl groups excluding tert-OH is 3. The number of hydrogen-bond acceptors (Lipinski definition) is 5. The second-order valence-corrected chi connectivity index (χ2v) is 5.78. The summed E-state index contributed by atoms with van der Waals surface area (Å²) in [4.78, 5) is 10.9. The van der Waals surface area contributed by atoms with Crippen LogP contribution in [0.1, 0.15) is 39.0 Å². The van der Waals surface area contributed by atoms with Gasteiger partial charge in [-0.25, -0.2) is 0 Å². The highest BCUT2D eigenvalue weighted by Crippen LogP contribution is 2.03. The van der Waals surface area contributed by atoms with Crippen molar-refractivity contribution in [2.75, 3.05) is 7.11 Å². The van der Waals surface area contributed by atoms with Gasteiger partial charge in [-0.1, -0.05) is 67.7 Å². The van der Waals surface area contributed by atoms with E-state index in [1.165, 1.54) is 7.11 Å². The number of carbonyl (C=O) groups excluding carboxylic acids is 1. The lowest BCUT2D eigenvalue weighted by Gasteiger charge is -2.03. The van der Waals surface area contributed by atoms with E-state index < -0.39 is 18.3 Å². The molecule has 0 bridgehead atoms. The topological polar surface area (TPSA) is 87.0 Å². The third-order valence-corrected chi connectivity index (χ3v) is 3.48. The van der Waals surface area contributed by atoms with Crippen LogP contribution in [0.5, 0.6) is 0 Å². The summed E-state index contributed by atoms with van der Waals surface area (Å²) >= 11 is 0. The van der Waals surface area contributed by atoms with Crippen molar-refractivity contribution in [2.45, 2.75) is 57.3 Å². The van der Waals surface area contributed by atoms with Gasteiger partial charge in [-0.2, -0.15) is 0 Å². The Bertz CT molecular complexity index is 503. The average Bonchev–Trinajstić information content (AvgIpc) is 2.63. The fourth-order valence-electron chi connectivity index (χ4n) is 1.87. The molecule has 0 fully saturated rings. The lowest BCUT2D eigenvalue weighted by atomic mass is 10.1. The number of ether oxygens (including phenoxy) is 1. The standard InChI is InChI=1S/C21H32O5/c1-3-18(22)12-9-6-10-15-19(23)13-7-4-5-8-14-20(24)16-11-17-21(25)26-2/h4-10,12-14,18-20,22-24H,3,11,15-17H2,1-2H3/b5-4+,10-6-,12-9+,13-7+,14-8-/t18-,19-,20+/m0/s1. The highest BCUT2D eigenvalue weighted by molar-refractivity contribution is 5.68. The van der Waals surface area contributed by atoms with Crippen molar-refractivity contribution in [1.29, 1.82) is 0 Å². The zero-order valence-corrected chi connectivity index (χ0v) is 15.7. The molecule has 3 N–H and O–H groups in total. The highest BCUT2D eigenvalue weighted by Gasteiger charge is 2.03. The molecule has 0 heterocycles. The second kappa shape index (κ2) is 16.5. The summed E-state index contributed by atoms with van der Waals surface area (Å²) < 4.78 is 4.53. The first kappa shape index (κ1) is 24.1. The first-order valence-corrected chi connectivity index (χ1v) is 8.95. The highest BCUT2D eigenvalue weighted by atomic mass is 16.5. The number of rotatable bonds is 13. The van der Waals surface area contributed by atoms with Gasteiger partial charge in [0.2, 0.25) is 0 Å².